The largest absolute Gasteiger partial charge is 0.492 e. The van der Waals surface area contributed by atoms with Crippen LogP contribution in [0.15, 0.2) is 24.3 Å². The van der Waals surface area contributed by atoms with Crippen LogP contribution in [0.5, 0.6) is 5.75 Å². The quantitative estimate of drug-likeness (QED) is 0.801. The average molecular weight is 207 g/mol. The maximum absolute atomic E-state index is 5.69. The van der Waals surface area contributed by atoms with Crippen LogP contribution in [0.1, 0.15) is 32.3 Å². The zero-order chi connectivity index (χ0) is 11.3. The Morgan fingerprint density at radius 1 is 1.27 bits per heavy atom. The Labute approximate surface area is 92.6 Å². The summed E-state index contributed by atoms with van der Waals surface area (Å²) < 4.78 is 5.69. The van der Waals surface area contributed by atoms with E-state index >= 15 is 0 Å². The van der Waals surface area contributed by atoms with Gasteiger partial charge in [-0.1, -0.05) is 26.0 Å². The van der Waals surface area contributed by atoms with E-state index < -0.39 is 0 Å². The summed E-state index contributed by atoms with van der Waals surface area (Å²) in [6.45, 7) is 7.19. The molecule has 0 aliphatic carbocycles. The van der Waals surface area contributed by atoms with Crippen molar-refractivity contribution in [1.29, 1.82) is 0 Å². The zero-order valence-electron chi connectivity index (χ0n) is 10.1. The van der Waals surface area contributed by atoms with Crippen LogP contribution < -0.4 is 10.1 Å². The van der Waals surface area contributed by atoms with Gasteiger partial charge in [0.2, 0.25) is 0 Å². The highest BCUT2D eigenvalue weighted by Gasteiger charge is 2.02. The van der Waals surface area contributed by atoms with Crippen LogP contribution in [-0.2, 0) is 0 Å². The molecule has 0 aliphatic rings. The molecule has 84 valence electrons. The summed E-state index contributed by atoms with van der Waals surface area (Å²) in [6.07, 6.45) is 0. The smallest absolute Gasteiger partial charge is 0.119 e. The summed E-state index contributed by atoms with van der Waals surface area (Å²) >= 11 is 0. The summed E-state index contributed by atoms with van der Waals surface area (Å²) in [6, 6.07) is 8.70. The van der Waals surface area contributed by atoms with Crippen LogP contribution >= 0.6 is 0 Å². The van der Waals surface area contributed by atoms with E-state index in [0.717, 1.165) is 5.75 Å². The molecular formula is C13H21NO. The molecule has 1 unspecified atom stereocenters. The van der Waals surface area contributed by atoms with E-state index in [-0.39, 0.29) is 0 Å². The molecule has 0 amide bonds. The SMILES string of the molecule is CNC(C)COc1cccc(C(C)C)c1. The van der Waals surface area contributed by atoms with E-state index in [1.165, 1.54) is 5.56 Å². The van der Waals surface area contributed by atoms with Gasteiger partial charge in [-0.2, -0.15) is 0 Å². The summed E-state index contributed by atoms with van der Waals surface area (Å²) in [5.41, 5.74) is 1.32. The van der Waals surface area contributed by atoms with Crippen molar-refractivity contribution in [3.8, 4) is 5.75 Å². The lowest BCUT2D eigenvalue weighted by Gasteiger charge is -2.13. The van der Waals surface area contributed by atoms with Crippen molar-refractivity contribution >= 4 is 0 Å². The fraction of sp³-hybridized carbons (Fsp3) is 0.538. The van der Waals surface area contributed by atoms with E-state index in [4.69, 9.17) is 4.74 Å². The van der Waals surface area contributed by atoms with Crippen LogP contribution in [0.25, 0.3) is 0 Å². The first-order valence-electron chi connectivity index (χ1n) is 5.53. The Bertz CT molecular complexity index is 296. The van der Waals surface area contributed by atoms with Crippen LogP contribution in [0.4, 0.5) is 0 Å². The predicted octanol–water partition coefficient (Wildman–Crippen LogP) is 2.80. The average Bonchev–Trinajstić information content (AvgIpc) is 2.26. The van der Waals surface area contributed by atoms with Crippen molar-refractivity contribution in [1.82, 2.24) is 5.32 Å². The lowest BCUT2D eigenvalue weighted by atomic mass is 10.0. The predicted molar refractivity (Wildman–Crippen MR) is 64.5 cm³/mol. The van der Waals surface area contributed by atoms with E-state index in [0.29, 0.717) is 18.6 Å². The first-order valence-corrected chi connectivity index (χ1v) is 5.53. The minimum Gasteiger partial charge on any atom is -0.492 e. The highest BCUT2D eigenvalue weighted by atomic mass is 16.5. The summed E-state index contributed by atoms with van der Waals surface area (Å²) in [4.78, 5) is 0. The monoisotopic (exact) mass is 207 g/mol. The molecule has 0 radical (unpaired) electrons. The number of rotatable bonds is 5. The zero-order valence-corrected chi connectivity index (χ0v) is 10.1. The van der Waals surface area contributed by atoms with E-state index in [1.807, 2.05) is 13.1 Å². The summed E-state index contributed by atoms with van der Waals surface area (Å²) in [5, 5.41) is 3.15. The summed E-state index contributed by atoms with van der Waals surface area (Å²) in [5.74, 6) is 1.51. The fourth-order valence-electron chi connectivity index (χ4n) is 1.27. The van der Waals surface area contributed by atoms with Crippen molar-refractivity contribution in [2.24, 2.45) is 0 Å². The van der Waals surface area contributed by atoms with Crippen molar-refractivity contribution in [3.05, 3.63) is 29.8 Å². The number of benzene rings is 1. The van der Waals surface area contributed by atoms with Crippen LogP contribution in [0.2, 0.25) is 0 Å². The van der Waals surface area contributed by atoms with Gasteiger partial charge < -0.3 is 10.1 Å². The third kappa shape index (κ3) is 3.92. The molecular weight excluding hydrogens is 186 g/mol. The third-order valence-electron chi connectivity index (χ3n) is 2.52. The lowest BCUT2D eigenvalue weighted by molar-refractivity contribution is 0.279. The standard InChI is InChI=1S/C13H21NO/c1-10(2)12-6-5-7-13(8-12)15-9-11(3)14-4/h5-8,10-11,14H,9H2,1-4H3. The van der Waals surface area contributed by atoms with Crippen molar-refractivity contribution in [2.75, 3.05) is 13.7 Å². The molecule has 0 fully saturated rings. The van der Waals surface area contributed by atoms with Gasteiger partial charge in [0, 0.05) is 6.04 Å². The first-order chi connectivity index (χ1) is 7.13. The third-order valence-corrected chi connectivity index (χ3v) is 2.52. The second kappa shape index (κ2) is 5.76. The molecule has 1 atom stereocenters. The molecule has 15 heavy (non-hydrogen) atoms. The van der Waals surface area contributed by atoms with Crippen molar-refractivity contribution < 1.29 is 4.74 Å². The van der Waals surface area contributed by atoms with Gasteiger partial charge in [-0.05, 0) is 37.6 Å². The lowest BCUT2D eigenvalue weighted by Crippen LogP contribution is -2.28. The number of hydrogen-bond acceptors (Lipinski definition) is 2. The Morgan fingerprint density at radius 2 is 2.00 bits per heavy atom. The second-order valence-corrected chi connectivity index (χ2v) is 4.23. The van der Waals surface area contributed by atoms with Gasteiger partial charge in [0.05, 0.1) is 0 Å². The molecule has 2 heteroatoms. The molecule has 0 bridgehead atoms. The Hall–Kier alpha value is -1.02. The molecule has 1 N–H and O–H groups in total. The minimum absolute atomic E-state index is 0.382. The van der Waals surface area contributed by atoms with Gasteiger partial charge in [-0.25, -0.2) is 0 Å². The van der Waals surface area contributed by atoms with Crippen LogP contribution in [-0.4, -0.2) is 19.7 Å². The molecule has 0 aliphatic heterocycles. The van der Waals surface area contributed by atoms with Crippen LogP contribution in [0.3, 0.4) is 0 Å². The van der Waals surface area contributed by atoms with Gasteiger partial charge in [0.1, 0.15) is 12.4 Å². The Balaban J connectivity index is 2.58. The van der Waals surface area contributed by atoms with Gasteiger partial charge in [-0.15, -0.1) is 0 Å². The first kappa shape index (κ1) is 12.1. The minimum atomic E-state index is 0.382. The topological polar surface area (TPSA) is 21.3 Å². The van der Waals surface area contributed by atoms with E-state index in [1.54, 1.807) is 0 Å². The molecule has 2 nitrogen and oxygen atoms in total. The van der Waals surface area contributed by atoms with Gasteiger partial charge in [0.25, 0.3) is 0 Å². The van der Waals surface area contributed by atoms with Gasteiger partial charge >= 0.3 is 0 Å². The molecule has 0 saturated heterocycles. The Kier molecular flexibility index (Phi) is 4.63. The molecule has 0 heterocycles. The van der Waals surface area contributed by atoms with Crippen LogP contribution in [0, 0.1) is 0 Å². The van der Waals surface area contributed by atoms with Crippen molar-refractivity contribution in [3.63, 3.8) is 0 Å². The van der Waals surface area contributed by atoms with E-state index in [9.17, 15) is 0 Å². The normalized spacial score (nSPS) is 12.9. The number of likely N-dealkylation sites (N-methyl/N-ethyl adjacent to an activating group) is 1. The number of ether oxygens (including phenoxy) is 1. The molecule has 0 spiro atoms. The number of hydrogen-bond donors (Lipinski definition) is 1. The molecule has 0 saturated carbocycles. The fourth-order valence-corrected chi connectivity index (χ4v) is 1.27. The van der Waals surface area contributed by atoms with E-state index in [2.05, 4.69) is 44.3 Å². The van der Waals surface area contributed by atoms with Gasteiger partial charge in [0.15, 0.2) is 0 Å². The van der Waals surface area contributed by atoms with Gasteiger partial charge in [-0.3, -0.25) is 0 Å². The highest BCUT2D eigenvalue weighted by molar-refractivity contribution is 5.30. The molecule has 1 aromatic rings. The van der Waals surface area contributed by atoms with Crippen molar-refractivity contribution in [2.45, 2.75) is 32.7 Å². The molecule has 1 aromatic carbocycles. The maximum atomic E-state index is 5.69. The maximum Gasteiger partial charge on any atom is 0.119 e. The summed E-state index contributed by atoms with van der Waals surface area (Å²) in [7, 11) is 1.94. The molecule has 1 rings (SSSR count). The highest BCUT2D eigenvalue weighted by Crippen LogP contribution is 2.20. The second-order valence-electron chi connectivity index (χ2n) is 4.23. The number of nitrogens with one attached hydrogen (secondary N) is 1. The molecule has 0 aromatic heterocycles. The Morgan fingerprint density at radius 3 is 2.60 bits per heavy atom.